The summed E-state index contributed by atoms with van der Waals surface area (Å²) in [5, 5.41) is 0. The highest BCUT2D eigenvalue weighted by molar-refractivity contribution is 5.68. The van der Waals surface area contributed by atoms with Crippen molar-refractivity contribution in [1.82, 2.24) is 4.90 Å². The van der Waals surface area contributed by atoms with Crippen LogP contribution >= 0.6 is 0 Å². The summed E-state index contributed by atoms with van der Waals surface area (Å²) in [6.45, 7) is 13.2. The lowest BCUT2D eigenvalue weighted by atomic mass is 9.94. The lowest BCUT2D eigenvalue weighted by Gasteiger charge is -2.33. The number of nitrogens with zero attached hydrogens (tertiary/aromatic N) is 1. The number of carbonyl (C=O) groups excluding carboxylic acids is 1. The Hall–Kier alpha value is -1.51. The van der Waals surface area contributed by atoms with Crippen LogP contribution in [-0.2, 0) is 4.74 Å². The molecule has 0 radical (unpaired) electrons. The van der Waals surface area contributed by atoms with E-state index in [4.69, 9.17) is 4.74 Å². The Kier molecular flexibility index (Phi) is 11.9. The van der Waals surface area contributed by atoms with Crippen LogP contribution in [0.15, 0.2) is 34.9 Å². The topological polar surface area (TPSA) is 29.5 Å². The van der Waals surface area contributed by atoms with E-state index in [-0.39, 0.29) is 12.2 Å². The zero-order valence-corrected chi connectivity index (χ0v) is 19.2. The average Bonchev–Trinajstić information content (AvgIpc) is 2.62. The standard InChI is InChI=1S/C25H43NO2/c1-20(2)12-10-13-22(5)14-11-15-23(6)18-19-26(25(27)28-21(3)4)24-16-8-7-9-17-24/h12,14,18,21,24H,7-11,13,15-17,19H2,1-6H3. The third kappa shape index (κ3) is 10.7. The smallest absolute Gasteiger partial charge is 0.410 e. The van der Waals surface area contributed by atoms with Gasteiger partial charge in [0.05, 0.1) is 6.10 Å². The van der Waals surface area contributed by atoms with Gasteiger partial charge in [0.25, 0.3) is 0 Å². The highest BCUT2D eigenvalue weighted by Gasteiger charge is 2.26. The predicted molar refractivity (Wildman–Crippen MR) is 121 cm³/mol. The number of ether oxygens (including phenoxy) is 1. The van der Waals surface area contributed by atoms with Crippen molar-refractivity contribution in [2.24, 2.45) is 0 Å². The third-order valence-electron chi connectivity index (χ3n) is 5.35. The van der Waals surface area contributed by atoms with Crippen molar-refractivity contribution in [3.05, 3.63) is 34.9 Å². The Balaban J connectivity index is 2.54. The number of allylic oxidation sites excluding steroid dienone is 5. The zero-order chi connectivity index (χ0) is 20.9. The molecule has 160 valence electrons. The third-order valence-corrected chi connectivity index (χ3v) is 5.35. The van der Waals surface area contributed by atoms with Gasteiger partial charge in [-0.1, -0.05) is 54.2 Å². The van der Waals surface area contributed by atoms with Crippen LogP contribution in [0.1, 0.15) is 99.3 Å². The number of hydrogen-bond acceptors (Lipinski definition) is 2. The van der Waals surface area contributed by atoms with Gasteiger partial charge >= 0.3 is 6.09 Å². The Morgan fingerprint density at radius 2 is 1.50 bits per heavy atom. The highest BCUT2D eigenvalue weighted by atomic mass is 16.6. The van der Waals surface area contributed by atoms with Gasteiger partial charge < -0.3 is 9.64 Å². The van der Waals surface area contributed by atoms with E-state index in [0.29, 0.717) is 12.6 Å². The fourth-order valence-corrected chi connectivity index (χ4v) is 3.63. The molecule has 28 heavy (non-hydrogen) atoms. The molecule has 3 nitrogen and oxygen atoms in total. The fraction of sp³-hybridized carbons (Fsp3) is 0.720. The van der Waals surface area contributed by atoms with E-state index in [0.717, 1.165) is 38.5 Å². The average molecular weight is 390 g/mol. The molecule has 1 rings (SSSR count). The van der Waals surface area contributed by atoms with Crippen molar-refractivity contribution in [3.8, 4) is 0 Å². The van der Waals surface area contributed by atoms with E-state index in [1.54, 1.807) is 0 Å². The van der Waals surface area contributed by atoms with Crippen molar-refractivity contribution in [1.29, 1.82) is 0 Å². The lowest BCUT2D eigenvalue weighted by Crippen LogP contribution is -2.42. The summed E-state index contributed by atoms with van der Waals surface area (Å²) < 4.78 is 5.51. The van der Waals surface area contributed by atoms with Gasteiger partial charge in [-0.05, 0) is 80.1 Å². The van der Waals surface area contributed by atoms with Crippen LogP contribution in [0, 0.1) is 0 Å². The number of rotatable bonds is 10. The molecule has 0 unspecified atom stereocenters. The Bertz CT molecular complexity index is 547. The summed E-state index contributed by atoms with van der Waals surface area (Å²) in [4.78, 5) is 14.5. The van der Waals surface area contributed by atoms with Crippen LogP contribution in [0.25, 0.3) is 0 Å². The molecule has 0 aromatic carbocycles. The van der Waals surface area contributed by atoms with Crippen molar-refractivity contribution in [3.63, 3.8) is 0 Å². The quantitative estimate of drug-likeness (QED) is 0.360. The SMILES string of the molecule is CC(C)=CCCC(C)=CCCC(C)=CCN(C(=O)OC(C)C)C1CCCCC1. The van der Waals surface area contributed by atoms with E-state index in [1.807, 2.05) is 18.7 Å². The molecule has 0 spiro atoms. The molecule has 1 saturated carbocycles. The molecule has 1 fully saturated rings. The minimum Gasteiger partial charge on any atom is -0.447 e. The second-order valence-electron chi connectivity index (χ2n) is 8.84. The first-order chi connectivity index (χ1) is 13.3. The first-order valence-electron chi connectivity index (χ1n) is 11.2. The summed E-state index contributed by atoms with van der Waals surface area (Å²) in [7, 11) is 0. The molecule has 1 amide bonds. The Morgan fingerprint density at radius 3 is 2.07 bits per heavy atom. The molecule has 0 N–H and O–H groups in total. The molecule has 0 saturated heterocycles. The van der Waals surface area contributed by atoms with Gasteiger partial charge in [-0.2, -0.15) is 0 Å². The van der Waals surface area contributed by atoms with Crippen LogP contribution in [0.5, 0.6) is 0 Å². The maximum atomic E-state index is 12.6. The van der Waals surface area contributed by atoms with E-state index in [1.165, 1.54) is 36.0 Å². The van der Waals surface area contributed by atoms with Crippen molar-refractivity contribution in [2.45, 2.75) is 111 Å². The molecule has 0 aliphatic heterocycles. The minimum atomic E-state index is -0.152. The number of hydrogen-bond donors (Lipinski definition) is 0. The summed E-state index contributed by atoms with van der Waals surface area (Å²) in [6, 6.07) is 0.335. The Morgan fingerprint density at radius 1 is 0.929 bits per heavy atom. The second-order valence-corrected chi connectivity index (χ2v) is 8.84. The maximum absolute atomic E-state index is 12.6. The molecule has 0 heterocycles. The largest absolute Gasteiger partial charge is 0.447 e. The second kappa shape index (κ2) is 13.6. The first-order valence-corrected chi connectivity index (χ1v) is 11.2. The molecule has 0 atom stereocenters. The van der Waals surface area contributed by atoms with Crippen LogP contribution in [0.4, 0.5) is 4.79 Å². The van der Waals surface area contributed by atoms with E-state index >= 15 is 0 Å². The summed E-state index contributed by atoms with van der Waals surface area (Å²) >= 11 is 0. The van der Waals surface area contributed by atoms with E-state index in [2.05, 4.69) is 45.9 Å². The predicted octanol–water partition coefficient (Wildman–Crippen LogP) is 7.59. The molecule has 1 aliphatic carbocycles. The van der Waals surface area contributed by atoms with E-state index < -0.39 is 0 Å². The molecular formula is C25H43NO2. The fourth-order valence-electron chi connectivity index (χ4n) is 3.63. The normalized spacial score (nSPS) is 16.2. The molecule has 0 aromatic heterocycles. The molecule has 1 aliphatic rings. The van der Waals surface area contributed by atoms with Gasteiger partial charge in [-0.15, -0.1) is 0 Å². The molecule has 3 heteroatoms. The minimum absolute atomic E-state index is 0.0666. The Labute approximate surface area is 173 Å². The highest BCUT2D eigenvalue weighted by Crippen LogP contribution is 2.24. The van der Waals surface area contributed by atoms with Gasteiger partial charge in [0.1, 0.15) is 0 Å². The van der Waals surface area contributed by atoms with E-state index in [9.17, 15) is 4.79 Å². The van der Waals surface area contributed by atoms with Gasteiger partial charge in [0.15, 0.2) is 0 Å². The van der Waals surface area contributed by atoms with Gasteiger partial charge in [-0.3, -0.25) is 0 Å². The van der Waals surface area contributed by atoms with Gasteiger partial charge in [-0.25, -0.2) is 4.79 Å². The first kappa shape index (κ1) is 24.5. The van der Waals surface area contributed by atoms with Crippen molar-refractivity contribution < 1.29 is 9.53 Å². The molecule has 0 bridgehead atoms. The monoisotopic (exact) mass is 389 g/mol. The zero-order valence-electron chi connectivity index (χ0n) is 19.2. The summed E-state index contributed by atoms with van der Waals surface area (Å²) in [5.74, 6) is 0. The lowest BCUT2D eigenvalue weighted by molar-refractivity contribution is 0.0607. The van der Waals surface area contributed by atoms with Crippen LogP contribution in [0.2, 0.25) is 0 Å². The summed E-state index contributed by atoms with van der Waals surface area (Å²) in [6.07, 6.45) is 17.0. The van der Waals surface area contributed by atoms with Crippen LogP contribution in [-0.4, -0.2) is 29.7 Å². The van der Waals surface area contributed by atoms with Crippen molar-refractivity contribution >= 4 is 6.09 Å². The molecule has 0 aromatic rings. The molecular weight excluding hydrogens is 346 g/mol. The van der Waals surface area contributed by atoms with Crippen LogP contribution in [0.3, 0.4) is 0 Å². The number of amides is 1. The maximum Gasteiger partial charge on any atom is 0.410 e. The van der Waals surface area contributed by atoms with Gasteiger partial charge in [0, 0.05) is 12.6 Å². The van der Waals surface area contributed by atoms with Crippen LogP contribution < -0.4 is 0 Å². The number of carbonyl (C=O) groups is 1. The summed E-state index contributed by atoms with van der Waals surface area (Å²) in [5.41, 5.74) is 4.21. The van der Waals surface area contributed by atoms with Gasteiger partial charge in [0.2, 0.25) is 0 Å². The van der Waals surface area contributed by atoms with Crippen molar-refractivity contribution in [2.75, 3.05) is 6.54 Å².